The summed E-state index contributed by atoms with van der Waals surface area (Å²) in [6, 6.07) is -0.659. The van der Waals surface area contributed by atoms with Crippen LogP contribution < -0.4 is 5.32 Å². The van der Waals surface area contributed by atoms with Crippen molar-refractivity contribution < 1.29 is 19.4 Å². The molecule has 2 N–H and O–H groups in total. The lowest BCUT2D eigenvalue weighted by Crippen LogP contribution is -2.51. The summed E-state index contributed by atoms with van der Waals surface area (Å²) in [6.07, 6.45) is -0.0698. The molecule has 0 rings (SSSR count). The maximum Gasteiger partial charge on any atom is 0.317 e. The first-order valence-electron chi connectivity index (χ1n) is 6.61. The molecule has 0 aliphatic carbocycles. The van der Waals surface area contributed by atoms with Gasteiger partial charge in [0.1, 0.15) is 0 Å². The summed E-state index contributed by atoms with van der Waals surface area (Å²) < 4.78 is 5.04. The van der Waals surface area contributed by atoms with Crippen molar-refractivity contribution in [3.8, 4) is 0 Å². The SMILES string of the molecule is CCN(C(=O)NC(CC(=O)O)C(C)C)C(C)COC. The van der Waals surface area contributed by atoms with Crippen LogP contribution in [0.3, 0.4) is 0 Å². The van der Waals surface area contributed by atoms with Gasteiger partial charge in [0.25, 0.3) is 0 Å². The Kier molecular flexibility index (Phi) is 8.14. The normalized spacial score (nSPS) is 14.0. The third-order valence-corrected chi connectivity index (χ3v) is 3.05. The van der Waals surface area contributed by atoms with E-state index < -0.39 is 5.97 Å². The van der Waals surface area contributed by atoms with Crippen molar-refractivity contribution in [2.75, 3.05) is 20.3 Å². The fraction of sp³-hybridized carbons (Fsp3) is 0.846. The highest BCUT2D eigenvalue weighted by molar-refractivity contribution is 5.76. The predicted octanol–water partition coefficient (Wildman–Crippen LogP) is 1.55. The number of hydrogen-bond acceptors (Lipinski definition) is 3. The first-order chi connectivity index (χ1) is 8.83. The molecule has 0 heterocycles. The second-order valence-electron chi connectivity index (χ2n) is 4.99. The minimum absolute atomic E-state index is 0.0485. The van der Waals surface area contributed by atoms with Gasteiger partial charge < -0.3 is 20.1 Å². The molecule has 0 saturated carbocycles. The summed E-state index contributed by atoms with van der Waals surface area (Å²) in [5.41, 5.74) is 0. The van der Waals surface area contributed by atoms with Crippen LogP contribution in [0.1, 0.15) is 34.1 Å². The van der Waals surface area contributed by atoms with Gasteiger partial charge in [0.2, 0.25) is 0 Å². The molecule has 0 radical (unpaired) electrons. The third kappa shape index (κ3) is 6.42. The van der Waals surface area contributed by atoms with Crippen LogP contribution in [0.25, 0.3) is 0 Å². The van der Waals surface area contributed by atoms with Crippen molar-refractivity contribution in [2.45, 2.75) is 46.2 Å². The van der Waals surface area contributed by atoms with E-state index in [-0.39, 0.29) is 30.5 Å². The van der Waals surface area contributed by atoms with Crippen LogP contribution >= 0.6 is 0 Å². The lowest BCUT2D eigenvalue weighted by Gasteiger charge is -2.30. The molecule has 6 nitrogen and oxygen atoms in total. The van der Waals surface area contributed by atoms with Crippen molar-refractivity contribution in [1.82, 2.24) is 10.2 Å². The number of amides is 2. The van der Waals surface area contributed by atoms with E-state index in [4.69, 9.17) is 9.84 Å². The van der Waals surface area contributed by atoms with E-state index in [9.17, 15) is 9.59 Å². The van der Waals surface area contributed by atoms with Gasteiger partial charge in [0.05, 0.1) is 19.1 Å². The number of aliphatic carboxylic acids is 1. The topological polar surface area (TPSA) is 78.9 Å². The summed E-state index contributed by atoms with van der Waals surface area (Å²) in [4.78, 5) is 24.6. The first kappa shape index (κ1) is 17.7. The number of carbonyl (C=O) groups is 2. The molecule has 0 aromatic heterocycles. The Hall–Kier alpha value is -1.30. The van der Waals surface area contributed by atoms with Crippen LogP contribution in [0.4, 0.5) is 4.79 Å². The number of carbonyl (C=O) groups excluding carboxylic acids is 1. The van der Waals surface area contributed by atoms with Gasteiger partial charge in [0.15, 0.2) is 0 Å². The smallest absolute Gasteiger partial charge is 0.317 e. The number of likely N-dealkylation sites (N-methyl/N-ethyl adjacent to an activating group) is 1. The van der Waals surface area contributed by atoms with E-state index in [1.165, 1.54) is 0 Å². The Morgan fingerprint density at radius 1 is 1.32 bits per heavy atom. The summed E-state index contributed by atoms with van der Waals surface area (Å²) in [7, 11) is 1.59. The number of rotatable bonds is 8. The molecule has 2 atom stereocenters. The minimum Gasteiger partial charge on any atom is -0.481 e. The highest BCUT2D eigenvalue weighted by Crippen LogP contribution is 2.08. The molecule has 0 saturated heterocycles. The molecule has 0 aliphatic heterocycles. The van der Waals surface area contributed by atoms with Gasteiger partial charge in [-0.2, -0.15) is 0 Å². The number of carboxylic acid groups (broad SMARTS) is 1. The zero-order valence-electron chi connectivity index (χ0n) is 12.5. The van der Waals surface area contributed by atoms with E-state index in [0.717, 1.165) is 0 Å². The molecule has 0 bridgehead atoms. The molecule has 19 heavy (non-hydrogen) atoms. The maximum absolute atomic E-state index is 12.2. The molecule has 0 aromatic carbocycles. The average Bonchev–Trinajstić information content (AvgIpc) is 2.28. The molecule has 0 fully saturated rings. The number of methoxy groups -OCH3 is 1. The monoisotopic (exact) mass is 274 g/mol. The van der Waals surface area contributed by atoms with Gasteiger partial charge in [-0.25, -0.2) is 4.79 Å². The van der Waals surface area contributed by atoms with Crippen LogP contribution in [0, 0.1) is 5.92 Å². The van der Waals surface area contributed by atoms with Crippen LogP contribution in [-0.4, -0.2) is 54.4 Å². The Morgan fingerprint density at radius 2 is 1.89 bits per heavy atom. The van der Waals surface area contributed by atoms with Crippen LogP contribution in [0.15, 0.2) is 0 Å². The second kappa shape index (κ2) is 8.74. The van der Waals surface area contributed by atoms with E-state index >= 15 is 0 Å². The van der Waals surface area contributed by atoms with Gasteiger partial charge in [0, 0.05) is 19.7 Å². The van der Waals surface area contributed by atoms with Gasteiger partial charge in [-0.05, 0) is 19.8 Å². The fourth-order valence-electron chi connectivity index (χ4n) is 1.87. The van der Waals surface area contributed by atoms with Gasteiger partial charge in [-0.1, -0.05) is 13.8 Å². The van der Waals surface area contributed by atoms with Gasteiger partial charge in [-0.15, -0.1) is 0 Å². The highest BCUT2D eigenvalue weighted by Gasteiger charge is 2.24. The average molecular weight is 274 g/mol. The molecule has 112 valence electrons. The van der Waals surface area contributed by atoms with Gasteiger partial charge >= 0.3 is 12.0 Å². The van der Waals surface area contributed by atoms with E-state index in [1.807, 2.05) is 27.7 Å². The number of carboxylic acids is 1. The number of hydrogen-bond donors (Lipinski definition) is 2. The zero-order chi connectivity index (χ0) is 15.0. The molecule has 2 amide bonds. The molecular formula is C13H26N2O4. The van der Waals surface area contributed by atoms with Gasteiger partial charge in [-0.3, -0.25) is 4.79 Å². The quantitative estimate of drug-likeness (QED) is 0.704. The van der Waals surface area contributed by atoms with Crippen molar-refractivity contribution in [2.24, 2.45) is 5.92 Å². The molecule has 0 spiro atoms. The van der Waals surface area contributed by atoms with E-state index in [2.05, 4.69) is 5.32 Å². The molecular weight excluding hydrogens is 248 g/mol. The Balaban J connectivity index is 4.63. The summed E-state index contributed by atoms with van der Waals surface area (Å²) >= 11 is 0. The molecule has 6 heteroatoms. The maximum atomic E-state index is 12.2. The fourth-order valence-corrected chi connectivity index (χ4v) is 1.87. The number of nitrogens with one attached hydrogen (secondary N) is 1. The first-order valence-corrected chi connectivity index (χ1v) is 6.61. The summed E-state index contributed by atoms with van der Waals surface area (Å²) in [6.45, 7) is 8.56. The molecule has 0 aliphatic rings. The van der Waals surface area contributed by atoms with Crippen molar-refractivity contribution in [1.29, 1.82) is 0 Å². The largest absolute Gasteiger partial charge is 0.481 e. The Bertz CT molecular complexity index is 294. The zero-order valence-corrected chi connectivity index (χ0v) is 12.5. The standard InChI is InChI=1S/C13H26N2O4/c1-6-15(10(4)8-19-5)13(18)14-11(9(2)3)7-12(16)17/h9-11H,6-8H2,1-5H3,(H,14,18)(H,16,17). The lowest BCUT2D eigenvalue weighted by molar-refractivity contribution is -0.137. The van der Waals surface area contributed by atoms with Crippen molar-refractivity contribution in [3.63, 3.8) is 0 Å². The van der Waals surface area contributed by atoms with Crippen LogP contribution in [-0.2, 0) is 9.53 Å². The van der Waals surface area contributed by atoms with E-state index in [0.29, 0.717) is 13.2 Å². The van der Waals surface area contributed by atoms with Crippen molar-refractivity contribution in [3.05, 3.63) is 0 Å². The Labute approximate surface area is 115 Å². The second-order valence-corrected chi connectivity index (χ2v) is 4.99. The van der Waals surface area contributed by atoms with Crippen LogP contribution in [0.5, 0.6) is 0 Å². The number of ether oxygens (including phenoxy) is 1. The minimum atomic E-state index is -0.910. The summed E-state index contributed by atoms with van der Waals surface area (Å²) in [5.74, 6) is -0.844. The summed E-state index contributed by atoms with van der Waals surface area (Å²) in [5, 5.41) is 11.6. The lowest BCUT2D eigenvalue weighted by atomic mass is 10.0. The predicted molar refractivity (Wildman–Crippen MR) is 73.1 cm³/mol. The molecule has 0 aromatic rings. The third-order valence-electron chi connectivity index (χ3n) is 3.05. The van der Waals surface area contributed by atoms with Crippen LogP contribution in [0.2, 0.25) is 0 Å². The number of urea groups is 1. The van der Waals surface area contributed by atoms with E-state index in [1.54, 1.807) is 12.0 Å². The number of nitrogens with zero attached hydrogens (tertiary/aromatic N) is 1. The van der Waals surface area contributed by atoms with Crippen molar-refractivity contribution >= 4 is 12.0 Å². The molecule has 2 unspecified atom stereocenters. The highest BCUT2D eigenvalue weighted by atomic mass is 16.5. The Morgan fingerprint density at radius 3 is 2.26 bits per heavy atom.